The Labute approximate surface area is 267 Å². The van der Waals surface area contributed by atoms with Crippen molar-refractivity contribution in [2.75, 3.05) is 6.61 Å². The highest BCUT2D eigenvalue weighted by molar-refractivity contribution is 6.76. The molecule has 1 heterocycles. The predicted octanol–water partition coefficient (Wildman–Crippen LogP) is 7.92. The molecular formula is C33H43F5N4O3Si. The van der Waals surface area contributed by atoms with Crippen LogP contribution in [0.25, 0.3) is 11.0 Å². The molecule has 3 N–H and O–H groups in total. The summed E-state index contributed by atoms with van der Waals surface area (Å²) in [6, 6.07) is 12.6. The SMILES string of the molecule is C[C@@H](NC(=O)CCC(F)(F)F)c1ccc2c(c1)nc([C@H](c1ccccc1C(N)=O)C1CCC(F)(F)CC1)n2COCC[Si](C)(C)C. The lowest BCUT2D eigenvalue weighted by Crippen LogP contribution is -2.30. The highest BCUT2D eigenvalue weighted by atomic mass is 28.3. The van der Waals surface area contributed by atoms with Crippen molar-refractivity contribution in [3.05, 3.63) is 65.0 Å². The van der Waals surface area contributed by atoms with Crippen LogP contribution in [0, 0.1) is 5.92 Å². The number of fused-ring (bicyclic) bond motifs is 1. The van der Waals surface area contributed by atoms with Gasteiger partial charge in [0.15, 0.2) is 0 Å². The molecule has 0 unspecified atom stereocenters. The second-order valence-corrected chi connectivity index (χ2v) is 19.1. The van der Waals surface area contributed by atoms with Crippen molar-refractivity contribution >= 4 is 30.9 Å². The number of halogens is 5. The average molecular weight is 667 g/mol. The van der Waals surface area contributed by atoms with Crippen molar-refractivity contribution in [3.8, 4) is 0 Å². The molecule has 46 heavy (non-hydrogen) atoms. The zero-order chi connectivity index (χ0) is 33.9. The van der Waals surface area contributed by atoms with Crippen molar-refractivity contribution in [2.45, 2.75) is 102 Å². The standard InChI is InChI=1S/C33H43F5N4O3Si/c1-21(40-28(43)13-16-33(36,37)38)23-9-10-27-26(19-23)41-31(42(27)20-45-17-18-46(2,3)4)29(22-11-14-32(34,35)15-12-22)24-7-5-6-8-25(24)30(39)44/h5-10,19,21-22,29H,11-18,20H2,1-4H3,(H2,39,44)(H,40,43)/t21-,29+/m1/s1. The van der Waals surface area contributed by atoms with Crippen molar-refractivity contribution in [1.82, 2.24) is 14.9 Å². The molecule has 7 nitrogen and oxygen atoms in total. The number of primary amides is 1. The molecule has 1 aliphatic rings. The van der Waals surface area contributed by atoms with E-state index in [-0.39, 0.29) is 38.3 Å². The summed E-state index contributed by atoms with van der Waals surface area (Å²) in [6.45, 7) is 9.07. The van der Waals surface area contributed by atoms with Crippen molar-refractivity contribution in [3.63, 3.8) is 0 Å². The summed E-state index contributed by atoms with van der Waals surface area (Å²) >= 11 is 0. The summed E-state index contributed by atoms with van der Waals surface area (Å²) in [7, 11) is -1.40. The average Bonchev–Trinajstić information content (AvgIpc) is 3.31. The molecule has 0 saturated heterocycles. The molecule has 252 valence electrons. The molecule has 13 heteroatoms. The number of nitrogens with zero attached hydrogens (tertiary/aromatic N) is 2. The van der Waals surface area contributed by atoms with E-state index < -0.39 is 56.8 Å². The number of hydrogen-bond acceptors (Lipinski definition) is 4. The van der Waals surface area contributed by atoms with Crippen LogP contribution in [0.5, 0.6) is 0 Å². The van der Waals surface area contributed by atoms with Crippen molar-refractivity contribution < 1.29 is 36.3 Å². The molecule has 2 amide bonds. The first kappa shape index (κ1) is 35.5. The van der Waals surface area contributed by atoms with Gasteiger partial charge in [-0.05, 0) is 61.1 Å². The number of ether oxygens (including phenoxy) is 1. The van der Waals surface area contributed by atoms with E-state index in [1.807, 2.05) is 10.6 Å². The quantitative estimate of drug-likeness (QED) is 0.110. The Morgan fingerprint density at radius 3 is 2.43 bits per heavy atom. The first-order valence-electron chi connectivity index (χ1n) is 15.6. The fraction of sp³-hybridized carbons (Fsp3) is 0.545. The summed E-state index contributed by atoms with van der Waals surface area (Å²) in [5, 5.41) is 2.62. The summed E-state index contributed by atoms with van der Waals surface area (Å²) in [6.07, 6.45) is -6.45. The van der Waals surface area contributed by atoms with Crippen LogP contribution in [0.4, 0.5) is 22.0 Å². The Kier molecular flexibility index (Phi) is 11.0. The minimum Gasteiger partial charge on any atom is -0.366 e. The van der Waals surface area contributed by atoms with Gasteiger partial charge in [0.2, 0.25) is 17.7 Å². The van der Waals surface area contributed by atoms with Crippen molar-refractivity contribution in [2.24, 2.45) is 11.7 Å². The van der Waals surface area contributed by atoms with E-state index >= 15 is 0 Å². The van der Waals surface area contributed by atoms with E-state index in [1.54, 1.807) is 43.3 Å². The van der Waals surface area contributed by atoms with E-state index in [0.29, 0.717) is 40.2 Å². The van der Waals surface area contributed by atoms with Crippen LogP contribution in [0.15, 0.2) is 42.5 Å². The normalized spacial score (nSPS) is 17.2. The maximum atomic E-state index is 14.3. The number of nitrogens with one attached hydrogen (secondary N) is 1. The van der Waals surface area contributed by atoms with Crippen LogP contribution in [-0.4, -0.2) is 48.1 Å². The molecule has 1 fully saturated rings. The predicted molar refractivity (Wildman–Crippen MR) is 169 cm³/mol. The van der Waals surface area contributed by atoms with Crippen LogP contribution >= 0.6 is 0 Å². The molecule has 0 spiro atoms. The van der Waals surface area contributed by atoms with Crippen LogP contribution < -0.4 is 11.1 Å². The lowest BCUT2D eigenvalue weighted by atomic mass is 9.74. The zero-order valence-corrected chi connectivity index (χ0v) is 27.7. The smallest absolute Gasteiger partial charge is 0.366 e. The summed E-state index contributed by atoms with van der Waals surface area (Å²) in [5.74, 6) is -4.37. The monoisotopic (exact) mass is 666 g/mol. The summed E-state index contributed by atoms with van der Waals surface area (Å²) in [5.41, 5.74) is 8.56. The third-order valence-electron chi connectivity index (χ3n) is 8.60. The van der Waals surface area contributed by atoms with Gasteiger partial charge < -0.3 is 20.4 Å². The highest BCUT2D eigenvalue weighted by Crippen LogP contribution is 2.46. The minimum atomic E-state index is -4.43. The fourth-order valence-corrected chi connectivity index (χ4v) is 6.74. The molecule has 2 atom stereocenters. The first-order chi connectivity index (χ1) is 21.4. The fourth-order valence-electron chi connectivity index (χ4n) is 5.99. The summed E-state index contributed by atoms with van der Waals surface area (Å²) < 4.78 is 74.6. The Morgan fingerprint density at radius 1 is 1.13 bits per heavy atom. The van der Waals surface area contributed by atoms with Gasteiger partial charge in [0, 0.05) is 45.4 Å². The number of nitrogens with two attached hydrogens (primary N) is 1. The molecule has 2 aromatic carbocycles. The van der Waals surface area contributed by atoms with Gasteiger partial charge in [-0.3, -0.25) is 9.59 Å². The van der Waals surface area contributed by atoms with E-state index in [1.165, 1.54) is 0 Å². The van der Waals surface area contributed by atoms with E-state index in [4.69, 9.17) is 15.5 Å². The number of amides is 2. The van der Waals surface area contributed by atoms with Gasteiger partial charge in [-0.1, -0.05) is 43.9 Å². The zero-order valence-electron chi connectivity index (χ0n) is 26.7. The first-order valence-corrected chi connectivity index (χ1v) is 19.4. The van der Waals surface area contributed by atoms with E-state index in [2.05, 4.69) is 25.0 Å². The van der Waals surface area contributed by atoms with Gasteiger partial charge >= 0.3 is 6.18 Å². The van der Waals surface area contributed by atoms with Gasteiger partial charge in [-0.15, -0.1) is 0 Å². The molecule has 3 aromatic rings. The third kappa shape index (κ3) is 9.37. The second kappa shape index (κ2) is 14.2. The van der Waals surface area contributed by atoms with Crippen LogP contribution in [0.2, 0.25) is 25.7 Å². The largest absolute Gasteiger partial charge is 0.389 e. The Balaban J connectivity index is 1.77. The molecule has 0 radical (unpaired) electrons. The maximum Gasteiger partial charge on any atom is 0.389 e. The Morgan fingerprint density at radius 2 is 1.80 bits per heavy atom. The number of hydrogen-bond donors (Lipinski definition) is 2. The molecular weight excluding hydrogens is 623 g/mol. The van der Waals surface area contributed by atoms with Gasteiger partial charge in [0.05, 0.1) is 23.5 Å². The number of rotatable bonds is 13. The number of imidazole rings is 1. The molecule has 1 aliphatic carbocycles. The Hall–Kier alpha value is -3.32. The number of carbonyl (C=O) groups is 2. The van der Waals surface area contributed by atoms with Crippen molar-refractivity contribution in [1.29, 1.82) is 0 Å². The van der Waals surface area contributed by atoms with Gasteiger partial charge in [-0.25, -0.2) is 13.8 Å². The van der Waals surface area contributed by atoms with Crippen LogP contribution in [-0.2, 0) is 16.3 Å². The molecule has 0 aliphatic heterocycles. The second-order valence-electron chi connectivity index (χ2n) is 13.5. The molecule has 1 aromatic heterocycles. The lowest BCUT2D eigenvalue weighted by Gasteiger charge is -2.34. The van der Waals surface area contributed by atoms with Gasteiger partial charge in [0.25, 0.3) is 0 Å². The number of alkyl halides is 5. The maximum absolute atomic E-state index is 14.3. The summed E-state index contributed by atoms with van der Waals surface area (Å²) in [4.78, 5) is 29.8. The van der Waals surface area contributed by atoms with E-state index in [9.17, 15) is 31.5 Å². The topological polar surface area (TPSA) is 99.2 Å². The highest BCUT2D eigenvalue weighted by Gasteiger charge is 2.41. The number of aromatic nitrogens is 2. The third-order valence-corrected chi connectivity index (χ3v) is 10.3. The van der Waals surface area contributed by atoms with Gasteiger partial charge in [0.1, 0.15) is 12.6 Å². The molecule has 0 bridgehead atoms. The van der Waals surface area contributed by atoms with Gasteiger partial charge in [-0.2, -0.15) is 13.2 Å². The lowest BCUT2D eigenvalue weighted by molar-refractivity contribution is -0.144. The number of carbonyl (C=O) groups excluding carboxylic acids is 2. The van der Waals surface area contributed by atoms with Crippen LogP contribution in [0.1, 0.15) is 84.7 Å². The number of benzene rings is 2. The molecule has 1 saturated carbocycles. The van der Waals surface area contributed by atoms with Crippen LogP contribution in [0.3, 0.4) is 0 Å². The molecule has 4 rings (SSSR count). The Bertz CT molecular complexity index is 1530. The van der Waals surface area contributed by atoms with E-state index in [0.717, 1.165) is 6.04 Å². The minimum absolute atomic E-state index is 0.136.